The van der Waals surface area contributed by atoms with Gasteiger partial charge in [0.25, 0.3) is 0 Å². The molecule has 1 amide bonds. The summed E-state index contributed by atoms with van der Waals surface area (Å²) in [6.07, 6.45) is 1.31. The van der Waals surface area contributed by atoms with Gasteiger partial charge in [-0.25, -0.2) is 0 Å². The molecule has 0 aliphatic carbocycles. The summed E-state index contributed by atoms with van der Waals surface area (Å²) in [5.41, 5.74) is 34.8. The summed E-state index contributed by atoms with van der Waals surface area (Å²) in [5.74, 6) is -11.3. The van der Waals surface area contributed by atoms with Crippen LogP contribution in [0.25, 0.3) is 0 Å². The molecule has 1 saturated heterocycles. The number of hydrogen-bond acceptors (Lipinski definition) is 18. The fraction of sp³-hybridized carbons (Fsp3) is 0.676. The predicted octanol–water partition coefficient (Wildman–Crippen LogP) is -4.01. The standard InChI is InChI=1S/C6H13NO2.2C5H9NO4.C5H9NO2.C5H11NO2.C4H8N2O3.C4H7NO4/c1-3-4(2)5(7)6(8)9;2*6-3(5(9)10)1-2-4(7)8;7-5(8)4-2-1-3-6-4;1-3(2)4(6)5(7)8;2*5-2(4(8)9)1-3(6)7/h4-5H,3,7H2,1-2H3,(H,8,9);2*3H,1-2,6H2,(H,7,8)(H,9,10);4,6H,1-3H2,(H,7,8);3-4H,6H2,1-2H3,(H,7,8);2H,1,5H2,(H2,6,7)(H,8,9);2H,1,5H2,(H,6,7)(H,8,9)/t;;;4-;;;/m...0.../s1. The lowest BCUT2D eigenvalue weighted by atomic mass is 10.0. The molecular weight excluding hydrogens is 856 g/mol. The van der Waals surface area contributed by atoms with Crippen molar-refractivity contribution in [2.24, 2.45) is 52.0 Å². The quantitative estimate of drug-likeness (QED) is 0.0553. The zero-order chi connectivity index (χ0) is 51.3. The van der Waals surface area contributed by atoms with E-state index in [1.54, 1.807) is 13.8 Å². The monoisotopic (exact) mass is 922 g/mol. The minimum atomic E-state index is -1.29. The van der Waals surface area contributed by atoms with Crippen molar-refractivity contribution >= 4 is 65.6 Å². The van der Waals surface area contributed by atoms with Gasteiger partial charge in [-0.05, 0) is 44.1 Å². The van der Waals surface area contributed by atoms with Crippen LogP contribution < -0.4 is 45.5 Å². The van der Waals surface area contributed by atoms with E-state index < -0.39 is 108 Å². The molecule has 1 rings (SSSR count). The highest BCUT2D eigenvalue weighted by Crippen LogP contribution is 2.04. The molecule has 0 saturated carbocycles. The molecule has 1 aliphatic rings. The first-order valence-electron chi connectivity index (χ1n) is 18.4. The Kier molecular flexibility index (Phi) is 43.6. The molecule has 368 valence electrons. The lowest BCUT2D eigenvalue weighted by Crippen LogP contribution is -2.36. The van der Waals surface area contributed by atoms with Crippen LogP contribution in [0.1, 0.15) is 85.5 Å². The van der Waals surface area contributed by atoms with Crippen molar-refractivity contribution in [2.75, 3.05) is 6.54 Å². The molecule has 29 nitrogen and oxygen atoms in total. The number of nitrogens with two attached hydrogens (primary N) is 7. The Balaban J connectivity index is -0.000000151. The van der Waals surface area contributed by atoms with Crippen LogP contribution in [0.5, 0.6) is 0 Å². The Morgan fingerprint density at radius 2 is 0.873 bits per heavy atom. The fourth-order valence-corrected chi connectivity index (χ4v) is 3.06. The minimum absolute atomic E-state index is 0.0208. The molecule has 29 heteroatoms. The highest BCUT2D eigenvalue weighted by atomic mass is 16.4. The Morgan fingerprint density at radius 1 is 0.524 bits per heavy atom. The van der Waals surface area contributed by atoms with E-state index in [0.717, 1.165) is 25.8 Å². The van der Waals surface area contributed by atoms with Crippen molar-refractivity contribution in [1.29, 1.82) is 0 Å². The molecule has 0 bridgehead atoms. The van der Waals surface area contributed by atoms with Crippen LogP contribution in [0.2, 0.25) is 0 Å². The topological polar surface area (TPSA) is 584 Å². The number of amides is 1. The largest absolute Gasteiger partial charge is 0.481 e. The molecule has 1 heterocycles. The van der Waals surface area contributed by atoms with Gasteiger partial charge in [-0.1, -0.05) is 34.1 Å². The summed E-state index contributed by atoms with van der Waals surface area (Å²) < 4.78 is 0. The van der Waals surface area contributed by atoms with E-state index in [1.807, 2.05) is 13.8 Å². The average Bonchev–Trinajstić information content (AvgIpc) is 3.71. The summed E-state index contributed by atoms with van der Waals surface area (Å²) in [6.45, 7) is 8.17. The maximum Gasteiger partial charge on any atom is 0.321 e. The Bertz CT molecular complexity index is 1350. The number of carboxylic acids is 10. The van der Waals surface area contributed by atoms with Crippen LogP contribution in [-0.2, 0) is 52.7 Å². The van der Waals surface area contributed by atoms with E-state index >= 15 is 0 Å². The molecule has 25 N–H and O–H groups in total. The normalized spacial score (nSPS) is 15.3. The molecule has 8 atom stereocenters. The van der Waals surface area contributed by atoms with Gasteiger partial charge < -0.3 is 96.5 Å². The van der Waals surface area contributed by atoms with E-state index in [0.29, 0.717) is 0 Å². The Labute approximate surface area is 360 Å². The second-order valence-corrected chi connectivity index (χ2v) is 13.3. The van der Waals surface area contributed by atoms with Crippen LogP contribution in [0, 0.1) is 11.8 Å². The molecule has 0 aromatic rings. The second-order valence-electron chi connectivity index (χ2n) is 13.3. The zero-order valence-corrected chi connectivity index (χ0v) is 35.3. The lowest BCUT2D eigenvalue weighted by Gasteiger charge is -2.11. The van der Waals surface area contributed by atoms with Gasteiger partial charge in [0.1, 0.15) is 42.3 Å². The van der Waals surface area contributed by atoms with Gasteiger partial charge in [-0.3, -0.25) is 52.7 Å². The van der Waals surface area contributed by atoms with Gasteiger partial charge in [0.05, 0.1) is 12.8 Å². The first-order valence-corrected chi connectivity index (χ1v) is 18.4. The summed E-state index contributed by atoms with van der Waals surface area (Å²) in [4.78, 5) is 110. The Morgan fingerprint density at radius 3 is 1.00 bits per heavy atom. The predicted molar refractivity (Wildman–Crippen MR) is 216 cm³/mol. The second kappa shape index (κ2) is 40.0. The van der Waals surface area contributed by atoms with E-state index in [-0.39, 0.29) is 50.0 Å². The third-order valence-electron chi connectivity index (χ3n) is 7.33. The highest BCUT2D eigenvalue weighted by molar-refractivity contribution is 5.83. The molecule has 0 aromatic carbocycles. The third-order valence-corrected chi connectivity index (χ3v) is 7.33. The van der Waals surface area contributed by atoms with Crippen LogP contribution in [0.15, 0.2) is 0 Å². The van der Waals surface area contributed by atoms with Crippen LogP contribution in [-0.4, -0.2) is 166 Å². The van der Waals surface area contributed by atoms with Crippen molar-refractivity contribution in [1.82, 2.24) is 5.32 Å². The van der Waals surface area contributed by atoms with Crippen molar-refractivity contribution in [3.63, 3.8) is 0 Å². The Hall–Kier alpha value is -6.11. The number of hydrogen-bond donors (Lipinski definition) is 18. The first kappa shape index (κ1) is 68.6. The van der Waals surface area contributed by atoms with Gasteiger partial charge in [-0.2, -0.15) is 0 Å². The first-order chi connectivity index (χ1) is 28.6. The van der Waals surface area contributed by atoms with E-state index in [9.17, 15) is 52.7 Å². The van der Waals surface area contributed by atoms with Gasteiger partial charge in [-0.15, -0.1) is 0 Å². The number of carbonyl (C=O) groups is 11. The smallest absolute Gasteiger partial charge is 0.321 e. The molecule has 1 fully saturated rings. The fourth-order valence-electron chi connectivity index (χ4n) is 3.06. The van der Waals surface area contributed by atoms with Gasteiger partial charge in [0.2, 0.25) is 5.91 Å². The SMILES string of the molecule is CC(C)C(N)C(=O)O.CCC(C)C(N)C(=O)O.NC(=O)CC(N)C(=O)O.NC(CC(=O)O)C(=O)O.NC(CCC(=O)O)C(=O)O.NC(CCC(=O)O)C(=O)O.O=C(O)[C@@H]1CCCN1. The number of aliphatic carboxylic acids is 10. The van der Waals surface area contributed by atoms with Crippen molar-refractivity contribution in [3.8, 4) is 0 Å². The van der Waals surface area contributed by atoms with Crippen molar-refractivity contribution < 1.29 is 104 Å². The maximum atomic E-state index is 10.2. The molecule has 0 radical (unpaired) electrons. The van der Waals surface area contributed by atoms with E-state index in [2.05, 4.69) is 11.1 Å². The van der Waals surface area contributed by atoms with Crippen molar-refractivity contribution in [2.45, 2.75) is 128 Å². The molecule has 0 aromatic heterocycles. The summed E-state index contributed by atoms with van der Waals surface area (Å²) in [7, 11) is 0. The van der Waals surface area contributed by atoms with Crippen LogP contribution in [0.3, 0.4) is 0 Å². The number of primary amides is 1. The van der Waals surface area contributed by atoms with E-state index in [1.165, 1.54) is 0 Å². The molecule has 7 unspecified atom stereocenters. The van der Waals surface area contributed by atoms with Crippen molar-refractivity contribution in [3.05, 3.63) is 0 Å². The average molecular weight is 923 g/mol. The minimum Gasteiger partial charge on any atom is -0.481 e. The number of rotatable bonds is 20. The summed E-state index contributed by atoms with van der Waals surface area (Å²) in [5, 5.41) is 84.5. The van der Waals surface area contributed by atoms with Gasteiger partial charge >= 0.3 is 59.7 Å². The van der Waals surface area contributed by atoms with Crippen LogP contribution >= 0.6 is 0 Å². The summed E-state index contributed by atoms with van der Waals surface area (Å²) >= 11 is 0. The molecule has 63 heavy (non-hydrogen) atoms. The van der Waals surface area contributed by atoms with Gasteiger partial charge in [0, 0.05) is 12.8 Å². The number of nitrogens with one attached hydrogen (secondary N) is 1. The summed E-state index contributed by atoms with van der Waals surface area (Å²) in [6, 6.07) is -6.25. The maximum absolute atomic E-state index is 10.2. The molecule has 0 spiro atoms. The lowest BCUT2D eigenvalue weighted by molar-refractivity contribution is -0.144. The molecule has 1 aliphatic heterocycles. The molecular formula is C34H66N8O21. The number of carboxylic acid groups (broad SMARTS) is 10. The van der Waals surface area contributed by atoms with E-state index in [4.69, 9.17) is 85.5 Å². The number of carbonyl (C=O) groups excluding carboxylic acids is 1. The highest BCUT2D eigenvalue weighted by Gasteiger charge is 2.21. The van der Waals surface area contributed by atoms with Crippen LogP contribution in [0.4, 0.5) is 0 Å². The van der Waals surface area contributed by atoms with Gasteiger partial charge in [0.15, 0.2) is 0 Å². The zero-order valence-electron chi connectivity index (χ0n) is 35.3. The third kappa shape index (κ3) is 50.2.